The molecule has 0 aliphatic carbocycles. The Kier molecular flexibility index (Phi) is 10.4. The second kappa shape index (κ2) is 10.8. The van der Waals surface area contributed by atoms with E-state index in [1.54, 1.807) is 7.11 Å². The molecule has 1 aromatic rings. The lowest BCUT2D eigenvalue weighted by atomic mass is 10.2. The first-order valence-corrected chi connectivity index (χ1v) is 7.10. The molecule has 0 amide bonds. The Hall–Kier alpha value is -0.830. The van der Waals surface area contributed by atoms with Crippen LogP contribution in [-0.2, 0) is 18.3 Å². The van der Waals surface area contributed by atoms with Crippen LogP contribution in [0.1, 0.15) is 30.3 Å². The van der Waals surface area contributed by atoms with E-state index < -0.39 is 0 Å². The summed E-state index contributed by atoms with van der Waals surface area (Å²) < 4.78 is 6.94. The molecule has 0 saturated carbocycles. The summed E-state index contributed by atoms with van der Waals surface area (Å²) in [6, 6.07) is 0. The van der Waals surface area contributed by atoms with Gasteiger partial charge in [0.15, 0.2) is 5.96 Å². The fraction of sp³-hybridized carbons (Fsp3) is 0.714. The molecule has 1 rings (SSSR count). The number of ether oxygens (including phenoxy) is 1. The van der Waals surface area contributed by atoms with E-state index in [-0.39, 0.29) is 24.0 Å². The van der Waals surface area contributed by atoms with Gasteiger partial charge in [-0.3, -0.25) is 4.68 Å². The standard InChI is InChI=1S/C14H27N5O.HI/c1-6-15-14(16-8-7-9-20-5)17-10-13-11(2)18-19(4)12(13)3;/h6-10H2,1-5H3,(H2,15,16,17);1H. The third kappa shape index (κ3) is 6.64. The molecule has 0 aliphatic heterocycles. The van der Waals surface area contributed by atoms with Crippen LogP contribution in [0, 0.1) is 13.8 Å². The number of aliphatic imine (C=N–C) groups is 1. The van der Waals surface area contributed by atoms with Gasteiger partial charge in [-0.15, -0.1) is 24.0 Å². The van der Waals surface area contributed by atoms with Crippen LogP contribution in [0.2, 0.25) is 0 Å². The molecule has 21 heavy (non-hydrogen) atoms. The smallest absolute Gasteiger partial charge is 0.191 e. The van der Waals surface area contributed by atoms with E-state index in [1.807, 2.05) is 18.7 Å². The molecule has 0 aromatic carbocycles. The third-order valence-corrected chi connectivity index (χ3v) is 3.22. The maximum absolute atomic E-state index is 5.04. The number of nitrogens with zero attached hydrogens (tertiary/aromatic N) is 3. The zero-order chi connectivity index (χ0) is 15.0. The van der Waals surface area contributed by atoms with Crippen LogP contribution < -0.4 is 10.6 Å². The van der Waals surface area contributed by atoms with E-state index in [2.05, 4.69) is 34.6 Å². The number of hydrogen-bond acceptors (Lipinski definition) is 3. The summed E-state index contributed by atoms with van der Waals surface area (Å²) in [7, 11) is 3.68. The largest absolute Gasteiger partial charge is 0.385 e. The first kappa shape index (κ1) is 20.2. The Morgan fingerprint density at radius 1 is 1.33 bits per heavy atom. The lowest BCUT2D eigenvalue weighted by molar-refractivity contribution is 0.195. The van der Waals surface area contributed by atoms with Crippen molar-refractivity contribution in [2.75, 3.05) is 26.8 Å². The molecular weight excluding hydrogens is 381 g/mol. The molecule has 1 heterocycles. The molecule has 0 atom stereocenters. The number of aromatic nitrogens is 2. The summed E-state index contributed by atoms with van der Waals surface area (Å²) >= 11 is 0. The first-order chi connectivity index (χ1) is 9.60. The predicted octanol–water partition coefficient (Wildman–Crippen LogP) is 1.75. The number of hydrogen-bond donors (Lipinski definition) is 2. The molecule has 0 unspecified atom stereocenters. The molecule has 0 aliphatic rings. The lowest BCUT2D eigenvalue weighted by Gasteiger charge is -2.11. The van der Waals surface area contributed by atoms with E-state index in [9.17, 15) is 0 Å². The molecule has 0 saturated heterocycles. The summed E-state index contributed by atoms with van der Waals surface area (Å²) in [4.78, 5) is 4.62. The highest BCUT2D eigenvalue weighted by Gasteiger charge is 2.08. The minimum atomic E-state index is 0. The van der Waals surface area contributed by atoms with Gasteiger partial charge in [-0.05, 0) is 27.2 Å². The number of methoxy groups -OCH3 is 1. The molecule has 0 spiro atoms. The number of aryl methyl sites for hydroxylation is 2. The number of guanidine groups is 1. The minimum Gasteiger partial charge on any atom is -0.385 e. The maximum atomic E-state index is 5.04. The topological polar surface area (TPSA) is 63.5 Å². The Balaban J connectivity index is 0.00000400. The van der Waals surface area contributed by atoms with Crippen LogP contribution in [0.4, 0.5) is 0 Å². The highest BCUT2D eigenvalue weighted by Crippen LogP contribution is 2.12. The first-order valence-electron chi connectivity index (χ1n) is 7.10. The summed E-state index contributed by atoms with van der Waals surface area (Å²) in [5.74, 6) is 0.839. The molecule has 0 radical (unpaired) electrons. The Morgan fingerprint density at radius 2 is 2.05 bits per heavy atom. The highest BCUT2D eigenvalue weighted by atomic mass is 127. The van der Waals surface area contributed by atoms with Crippen molar-refractivity contribution >= 4 is 29.9 Å². The van der Waals surface area contributed by atoms with Gasteiger partial charge in [0, 0.05) is 45.1 Å². The van der Waals surface area contributed by atoms with Crippen LogP contribution in [0.3, 0.4) is 0 Å². The zero-order valence-electron chi connectivity index (χ0n) is 13.7. The van der Waals surface area contributed by atoms with Gasteiger partial charge in [0.2, 0.25) is 0 Å². The third-order valence-electron chi connectivity index (χ3n) is 3.22. The van der Waals surface area contributed by atoms with Crippen molar-refractivity contribution in [1.29, 1.82) is 0 Å². The predicted molar refractivity (Wildman–Crippen MR) is 97.4 cm³/mol. The van der Waals surface area contributed by atoms with Crippen LogP contribution in [0.5, 0.6) is 0 Å². The molecule has 2 N–H and O–H groups in total. The molecule has 1 aromatic heterocycles. The van der Waals surface area contributed by atoms with E-state index in [0.717, 1.165) is 37.8 Å². The van der Waals surface area contributed by atoms with E-state index in [4.69, 9.17) is 4.74 Å². The Labute approximate surface area is 144 Å². The van der Waals surface area contributed by atoms with Crippen molar-refractivity contribution in [2.45, 2.75) is 33.7 Å². The van der Waals surface area contributed by atoms with Gasteiger partial charge in [0.05, 0.1) is 12.2 Å². The summed E-state index contributed by atoms with van der Waals surface area (Å²) in [6.07, 6.45) is 0.964. The van der Waals surface area contributed by atoms with Crippen molar-refractivity contribution in [1.82, 2.24) is 20.4 Å². The van der Waals surface area contributed by atoms with Gasteiger partial charge in [0.1, 0.15) is 0 Å². The van der Waals surface area contributed by atoms with Gasteiger partial charge < -0.3 is 15.4 Å². The van der Waals surface area contributed by atoms with Crippen LogP contribution >= 0.6 is 24.0 Å². The van der Waals surface area contributed by atoms with E-state index >= 15 is 0 Å². The highest BCUT2D eigenvalue weighted by molar-refractivity contribution is 14.0. The summed E-state index contributed by atoms with van der Waals surface area (Å²) in [5, 5.41) is 11.0. The molecule has 122 valence electrons. The average Bonchev–Trinajstić information content (AvgIpc) is 2.66. The number of rotatable bonds is 7. The van der Waals surface area contributed by atoms with Crippen molar-refractivity contribution in [3.05, 3.63) is 17.0 Å². The van der Waals surface area contributed by atoms with Gasteiger partial charge >= 0.3 is 0 Å². The van der Waals surface area contributed by atoms with Gasteiger partial charge in [-0.1, -0.05) is 0 Å². The van der Waals surface area contributed by atoms with Crippen molar-refractivity contribution in [3.63, 3.8) is 0 Å². The van der Waals surface area contributed by atoms with Crippen LogP contribution in [0.15, 0.2) is 4.99 Å². The molecular formula is C14H28IN5O. The molecule has 6 nitrogen and oxygen atoms in total. The van der Waals surface area contributed by atoms with Gasteiger partial charge in [-0.2, -0.15) is 5.10 Å². The quantitative estimate of drug-likeness (QED) is 0.312. The second-order valence-corrected chi connectivity index (χ2v) is 4.74. The fourth-order valence-corrected chi connectivity index (χ4v) is 1.97. The van der Waals surface area contributed by atoms with Crippen LogP contribution in [-0.4, -0.2) is 42.5 Å². The van der Waals surface area contributed by atoms with E-state index in [1.165, 1.54) is 11.3 Å². The lowest BCUT2D eigenvalue weighted by Crippen LogP contribution is -2.38. The van der Waals surface area contributed by atoms with Gasteiger partial charge in [-0.25, -0.2) is 4.99 Å². The monoisotopic (exact) mass is 409 g/mol. The van der Waals surface area contributed by atoms with Crippen molar-refractivity contribution < 1.29 is 4.74 Å². The van der Waals surface area contributed by atoms with Crippen LogP contribution in [0.25, 0.3) is 0 Å². The Bertz CT molecular complexity index is 445. The SMILES string of the molecule is CCNC(=NCc1c(C)nn(C)c1C)NCCCOC.I. The average molecular weight is 409 g/mol. The normalized spacial score (nSPS) is 11.2. The van der Waals surface area contributed by atoms with E-state index in [0.29, 0.717) is 6.54 Å². The minimum absolute atomic E-state index is 0. The number of nitrogens with one attached hydrogen (secondary N) is 2. The number of halogens is 1. The zero-order valence-corrected chi connectivity index (χ0v) is 16.0. The molecule has 0 fully saturated rings. The molecule has 7 heteroatoms. The van der Waals surface area contributed by atoms with Crippen molar-refractivity contribution in [3.8, 4) is 0 Å². The summed E-state index contributed by atoms with van der Waals surface area (Å²) in [6.45, 7) is 9.26. The fourth-order valence-electron chi connectivity index (χ4n) is 1.97. The second-order valence-electron chi connectivity index (χ2n) is 4.74. The Morgan fingerprint density at radius 3 is 2.57 bits per heavy atom. The summed E-state index contributed by atoms with van der Waals surface area (Å²) in [5.41, 5.74) is 3.41. The maximum Gasteiger partial charge on any atom is 0.191 e. The van der Waals surface area contributed by atoms with Gasteiger partial charge in [0.25, 0.3) is 0 Å². The van der Waals surface area contributed by atoms with Crippen molar-refractivity contribution in [2.24, 2.45) is 12.0 Å². The molecule has 0 bridgehead atoms.